The van der Waals surface area contributed by atoms with Crippen LogP contribution in [-0.4, -0.2) is 71.2 Å². The highest BCUT2D eigenvalue weighted by Gasteiger charge is 2.25. The van der Waals surface area contributed by atoms with E-state index in [0.29, 0.717) is 37.7 Å². The Labute approximate surface area is 183 Å². The van der Waals surface area contributed by atoms with Gasteiger partial charge in [0.2, 0.25) is 10.0 Å². The van der Waals surface area contributed by atoms with Crippen LogP contribution in [0.15, 0.2) is 47.4 Å². The lowest BCUT2D eigenvalue weighted by atomic mass is 10.2. The molecular weight excluding hydrogens is 423 g/mol. The average Bonchev–Trinajstić information content (AvgIpc) is 2.79. The predicted molar refractivity (Wildman–Crippen MR) is 115 cm³/mol. The Balaban J connectivity index is 1.80. The average molecular weight is 453 g/mol. The Morgan fingerprint density at radius 2 is 1.71 bits per heavy atom. The van der Waals surface area contributed by atoms with Crippen LogP contribution in [-0.2, 0) is 21.3 Å². The van der Waals surface area contributed by atoms with Crippen LogP contribution in [0.2, 0.25) is 0 Å². The van der Waals surface area contributed by atoms with Gasteiger partial charge in [-0.3, -0.25) is 4.90 Å². The number of sulfonamides is 1. The molecule has 0 bridgehead atoms. The van der Waals surface area contributed by atoms with Crippen LogP contribution in [0, 0.1) is 5.82 Å². The van der Waals surface area contributed by atoms with Crippen LogP contribution in [0.1, 0.15) is 12.0 Å². The summed E-state index contributed by atoms with van der Waals surface area (Å²) in [6, 6.07) is 10.3. The molecule has 170 valence electrons. The molecule has 2 aromatic rings. The number of benzene rings is 2. The minimum absolute atomic E-state index is 0.0701. The topological polar surface area (TPSA) is 68.3 Å². The van der Waals surface area contributed by atoms with E-state index in [0.717, 1.165) is 37.3 Å². The summed E-state index contributed by atoms with van der Waals surface area (Å²) < 4.78 is 57.4. The summed E-state index contributed by atoms with van der Waals surface area (Å²) in [7, 11) is -0.714. The summed E-state index contributed by atoms with van der Waals surface area (Å²) in [4.78, 5) is 2.34. The van der Waals surface area contributed by atoms with Crippen LogP contribution in [0.5, 0.6) is 11.5 Å². The van der Waals surface area contributed by atoms with Gasteiger partial charge in [0.15, 0.2) is 11.5 Å². The number of ether oxygens (including phenoxy) is 3. The van der Waals surface area contributed by atoms with E-state index in [4.69, 9.17) is 14.2 Å². The molecule has 1 fully saturated rings. The van der Waals surface area contributed by atoms with Crippen LogP contribution in [0.4, 0.5) is 4.39 Å². The number of hydrogen-bond acceptors (Lipinski definition) is 6. The van der Waals surface area contributed by atoms with E-state index in [-0.39, 0.29) is 11.4 Å². The fraction of sp³-hybridized carbons (Fsp3) is 0.455. The highest BCUT2D eigenvalue weighted by molar-refractivity contribution is 7.89. The third-order valence-electron chi connectivity index (χ3n) is 5.24. The molecule has 9 heteroatoms. The van der Waals surface area contributed by atoms with Crippen LogP contribution in [0.25, 0.3) is 0 Å². The molecular formula is C22H29FN2O5S. The van der Waals surface area contributed by atoms with Gasteiger partial charge in [0.1, 0.15) is 5.82 Å². The van der Waals surface area contributed by atoms with Crippen molar-refractivity contribution in [2.24, 2.45) is 0 Å². The summed E-state index contributed by atoms with van der Waals surface area (Å²) in [6.45, 7) is 4.38. The van der Waals surface area contributed by atoms with Crippen LogP contribution in [0.3, 0.4) is 0 Å². The Morgan fingerprint density at radius 1 is 1.03 bits per heavy atom. The first kappa shape index (κ1) is 23.5. The summed E-state index contributed by atoms with van der Waals surface area (Å²) in [6.07, 6.45) is 0.674. The van der Waals surface area contributed by atoms with Gasteiger partial charge < -0.3 is 14.2 Å². The number of hydrogen-bond donors (Lipinski definition) is 0. The Hall–Kier alpha value is -2.20. The molecule has 1 aliphatic heterocycles. The van der Waals surface area contributed by atoms with E-state index < -0.39 is 15.8 Å². The van der Waals surface area contributed by atoms with Crippen molar-refractivity contribution >= 4 is 10.0 Å². The van der Waals surface area contributed by atoms with Crippen molar-refractivity contribution in [2.45, 2.75) is 17.9 Å². The normalized spacial score (nSPS) is 15.2. The van der Waals surface area contributed by atoms with Gasteiger partial charge >= 0.3 is 0 Å². The standard InChI is InChI=1S/C22H29FN2O5S/c1-28-21-9-4-18(16-22(21)29-2)17-25(11-3-10-24-12-14-30-15-13-24)31(26,27)20-7-5-19(23)6-8-20/h4-9,16H,3,10-15,17H2,1-2H3. The Bertz CT molecular complexity index is 947. The van der Waals surface area contributed by atoms with Gasteiger partial charge in [-0.15, -0.1) is 0 Å². The first-order valence-corrected chi connectivity index (χ1v) is 11.6. The Morgan fingerprint density at radius 3 is 2.35 bits per heavy atom. The molecule has 0 spiro atoms. The molecule has 0 radical (unpaired) electrons. The highest BCUT2D eigenvalue weighted by atomic mass is 32.2. The van der Waals surface area contributed by atoms with Crippen molar-refractivity contribution < 1.29 is 27.0 Å². The molecule has 2 aromatic carbocycles. The molecule has 0 atom stereocenters. The third kappa shape index (κ3) is 6.16. The lowest BCUT2D eigenvalue weighted by Gasteiger charge is -2.28. The largest absolute Gasteiger partial charge is 0.493 e. The van der Waals surface area contributed by atoms with E-state index in [2.05, 4.69) is 4.90 Å². The minimum Gasteiger partial charge on any atom is -0.493 e. The van der Waals surface area contributed by atoms with E-state index in [1.807, 2.05) is 6.07 Å². The van der Waals surface area contributed by atoms with E-state index in [9.17, 15) is 12.8 Å². The van der Waals surface area contributed by atoms with Crippen molar-refractivity contribution in [3.63, 3.8) is 0 Å². The van der Waals surface area contributed by atoms with Crippen LogP contribution >= 0.6 is 0 Å². The first-order chi connectivity index (χ1) is 14.9. The minimum atomic E-state index is -3.80. The van der Waals surface area contributed by atoms with E-state index >= 15 is 0 Å². The molecule has 1 aliphatic rings. The quantitative estimate of drug-likeness (QED) is 0.552. The number of rotatable bonds is 10. The molecule has 0 amide bonds. The number of nitrogens with zero attached hydrogens (tertiary/aromatic N) is 2. The van der Waals surface area contributed by atoms with Crippen molar-refractivity contribution in [3.8, 4) is 11.5 Å². The molecule has 7 nitrogen and oxygen atoms in total. The summed E-state index contributed by atoms with van der Waals surface area (Å²) >= 11 is 0. The van der Waals surface area contributed by atoms with E-state index in [1.165, 1.54) is 23.5 Å². The molecule has 0 aliphatic carbocycles. The lowest BCUT2D eigenvalue weighted by Crippen LogP contribution is -2.39. The third-order valence-corrected chi connectivity index (χ3v) is 7.10. The number of morpholine rings is 1. The summed E-state index contributed by atoms with van der Waals surface area (Å²) in [5.41, 5.74) is 0.773. The van der Waals surface area contributed by atoms with Gasteiger partial charge in [-0.1, -0.05) is 6.07 Å². The van der Waals surface area contributed by atoms with Gasteiger partial charge in [0.25, 0.3) is 0 Å². The molecule has 0 unspecified atom stereocenters. The lowest BCUT2D eigenvalue weighted by molar-refractivity contribution is 0.0368. The highest BCUT2D eigenvalue weighted by Crippen LogP contribution is 2.29. The maximum Gasteiger partial charge on any atom is 0.243 e. The summed E-state index contributed by atoms with van der Waals surface area (Å²) in [5.74, 6) is 0.636. The van der Waals surface area contributed by atoms with Gasteiger partial charge in [0, 0.05) is 26.2 Å². The second kappa shape index (κ2) is 10.9. The number of halogens is 1. The van der Waals surface area contributed by atoms with Gasteiger partial charge in [-0.05, 0) is 54.9 Å². The second-order valence-corrected chi connectivity index (χ2v) is 9.23. The molecule has 0 saturated carbocycles. The second-order valence-electron chi connectivity index (χ2n) is 7.29. The molecule has 31 heavy (non-hydrogen) atoms. The number of methoxy groups -OCH3 is 2. The molecule has 3 rings (SSSR count). The zero-order valence-corrected chi connectivity index (χ0v) is 18.7. The van der Waals surface area contributed by atoms with Crippen molar-refractivity contribution in [3.05, 3.63) is 53.8 Å². The maximum atomic E-state index is 13.3. The fourth-order valence-electron chi connectivity index (χ4n) is 3.52. The smallest absolute Gasteiger partial charge is 0.243 e. The zero-order valence-electron chi connectivity index (χ0n) is 17.9. The molecule has 0 N–H and O–H groups in total. The van der Waals surface area contributed by atoms with Crippen molar-refractivity contribution in [1.29, 1.82) is 0 Å². The maximum absolute atomic E-state index is 13.3. The van der Waals surface area contributed by atoms with Crippen molar-refractivity contribution in [1.82, 2.24) is 9.21 Å². The predicted octanol–water partition coefficient (Wildman–Crippen LogP) is 2.76. The SMILES string of the molecule is COc1ccc(CN(CCCN2CCOCC2)S(=O)(=O)c2ccc(F)cc2)cc1OC. The molecule has 0 aromatic heterocycles. The van der Waals surface area contributed by atoms with Gasteiger partial charge in [-0.25, -0.2) is 12.8 Å². The van der Waals surface area contributed by atoms with Gasteiger partial charge in [-0.2, -0.15) is 4.31 Å². The Kier molecular flexibility index (Phi) is 8.25. The first-order valence-electron chi connectivity index (χ1n) is 10.2. The molecule has 1 heterocycles. The fourth-order valence-corrected chi connectivity index (χ4v) is 4.98. The van der Waals surface area contributed by atoms with Gasteiger partial charge in [0.05, 0.1) is 32.3 Å². The monoisotopic (exact) mass is 452 g/mol. The zero-order chi connectivity index (χ0) is 22.3. The van der Waals surface area contributed by atoms with Crippen LogP contribution < -0.4 is 9.47 Å². The van der Waals surface area contributed by atoms with E-state index in [1.54, 1.807) is 19.2 Å². The summed E-state index contributed by atoms with van der Waals surface area (Å²) in [5, 5.41) is 0. The molecule has 1 saturated heterocycles. The van der Waals surface area contributed by atoms with Crippen molar-refractivity contribution in [2.75, 3.05) is 53.6 Å².